The number of nitrogens with zero attached hydrogens (tertiary/aromatic N) is 7. The van der Waals surface area contributed by atoms with Crippen molar-refractivity contribution in [2.24, 2.45) is 7.05 Å². The van der Waals surface area contributed by atoms with Crippen molar-refractivity contribution in [2.75, 3.05) is 18.0 Å². The first-order valence-corrected chi connectivity index (χ1v) is 8.30. The molecular weight excluding hydrogens is 302 g/mol. The molecule has 7 nitrogen and oxygen atoms in total. The SMILES string of the molecule is Cn1c(Cn2ccnc2)nnc1C1CCCN(c2ccncc2)C1. The van der Waals surface area contributed by atoms with Gasteiger partial charge in [-0.15, -0.1) is 10.2 Å². The van der Waals surface area contributed by atoms with Gasteiger partial charge in [0.05, 0.1) is 12.9 Å². The number of aromatic nitrogens is 6. The molecule has 1 aliphatic rings. The molecule has 1 saturated heterocycles. The molecule has 3 aromatic rings. The second-order valence-electron chi connectivity index (χ2n) is 6.26. The van der Waals surface area contributed by atoms with E-state index in [1.54, 1.807) is 12.5 Å². The second-order valence-corrected chi connectivity index (χ2v) is 6.26. The summed E-state index contributed by atoms with van der Waals surface area (Å²) in [6, 6.07) is 4.15. The summed E-state index contributed by atoms with van der Waals surface area (Å²) in [5, 5.41) is 8.89. The van der Waals surface area contributed by atoms with E-state index in [-0.39, 0.29) is 0 Å². The molecule has 4 heterocycles. The van der Waals surface area contributed by atoms with Gasteiger partial charge in [-0.2, -0.15) is 0 Å². The molecule has 0 bridgehead atoms. The average Bonchev–Trinajstić information content (AvgIpc) is 3.27. The van der Waals surface area contributed by atoms with Crippen molar-refractivity contribution in [2.45, 2.75) is 25.3 Å². The minimum atomic E-state index is 0.404. The van der Waals surface area contributed by atoms with Gasteiger partial charge in [0.15, 0.2) is 5.82 Å². The van der Waals surface area contributed by atoms with Gasteiger partial charge >= 0.3 is 0 Å². The lowest BCUT2D eigenvalue weighted by atomic mass is 9.96. The van der Waals surface area contributed by atoms with Crippen molar-refractivity contribution in [3.63, 3.8) is 0 Å². The van der Waals surface area contributed by atoms with Gasteiger partial charge in [-0.05, 0) is 25.0 Å². The number of imidazole rings is 1. The molecule has 0 saturated carbocycles. The quantitative estimate of drug-likeness (QED) is 0.733. The summed E-state index contributed by atoms with van der Waals surface area (Å²) in [7, 11) is 2.06. The molecule has 0 N–H and O–H groups in total. The van der Waals surface area contributed by atoms with Crippen LogP contribution in [0.25, 0.3) is 0 Å². The summed E-state index contributed by atoms with van der Waals surface area (Å²) in [6.45, 7) is 2.76. The van der Waals surface area contributed by atoms with Gasteiger partial charge in [-0.3, -0.25) is 4.98 Å². The van der Waals surface area contributed by atoms with E-state index < -0.39 is 0 Å². The van der Waals surface area contributed by atoms with Crippen molar-refractivity contribution in [1.82, 2.24) is 29.3 Å². The minimum Gasteiger partial charge on any atom is -0.371 e. The zero-order chi connectivity index (χ0) is 16.4. The summed E-state index contributed by atoms with van der Waals surface area (Å²) in [5.74, 6) is 2.44. The first-order chi connectivity index (χ1) is 11.8. The normalized spacial score (nSPS) is 18.0. The van der Waals surface area contributed by atoms with Crippen LogP contribution in [-0.4, -0.2) is 42.4 Å². The van der Waals surface area contributed by atoms with Gasteiger partial charge in [0.1, 0.15) is 5.82 Å². The third kappa shape index (κ3) is 2.89. The molecule has 0 aromatic carbocycles. The number of piperidine rings is 1. The van der Waals surface area contributed by atoms with Gasteiger partial charge in [0.25, 0.3) is 0 Å². The monoisotopic (exact) mass is 323 g/mol. The maximum atomic E-state index is 4.49. The van der Waals surface area contributed by atoms with E-state index in [1.165, 1.54) is 5.69 Å². The van der Waals surface area contributed by atoms with E-state index in [2.05, 4.69) is 48.8 Å². The third-order valence-electron chi connectivity index (χ3n) is 4.70. The lowest BCUT2D eigenvalue weighted by Crippen LogP contribution is -2.35. The predicted octanol–water partition coefficient (Wildman–Crippen LogP) is 1.84. The number of anilines is 1. The molecule has 0 amide bonds. The zero-order valence-corrected chi connectivity index (χ0v) is 13.8. The molecule has 0 radical (unpaired) electrons. The first-order valence-electron chi connectivity index (χ1n) is 8.30. The molecule has 1 atom stereocenters. The number of hydrogen-bond donors (Lipinski definition) is 0. The Kier molecular flexibility index (Phi) is 3.98. The largest absolute Gasteiger partial charge is 0.371 e. The van der Waals surface area contributed by atoms with Gasteiger partial charge in [0.2, 0.25) is 0 Å². The highest BCUT2D eigenvalue weighted by Gasteiger charge is 2.26. The summed E-state index contributed by atoms with van der Waals surface area (Å²) < 4.78 is 4.15. The van der Waals surface area contributed by atoms with E-state index >= 15 is 0 Å². The maximum absolute atomic E-state index is 4.49. The zero-order valence-electron chi connectivity index (χ0n) is 13.8. The fraction of sp³-hybridized carbons (Fsp3) is 0.412. The van der Waals surface area contributed by atoms with E-state index in [1.807, 2.05) is 23.2 Å². The number of pyridine rings is 1. The van der Waals surface area contributed by atoms with Crippen LogP contribution in [0.3, 0.4) is 0 Å². The van der Waals surface area contributed by atoms with Crippen molar-refractivity contribution >= 4 is 5.69 Å². The summed E-state index contributed by atoms with van der Waals surface area (Å²) in [4.78, 5) is 10.6. The van der Waals surface area contributed by atoms with E-state index in [0.717, 1.165) is 37.6 Å². The Bertz CT molecular complexity index is 779. The molecule has 3 aromatic heterocycles. The van der Waals surface area contributed by atoms with Crippen LogP contribution in [0, 0.1) is 0 Å². The Morgan fingerprint density at radius 1 is 1.12 bits per heavy atom. The molecule has 0 spiro atoms. The number of rotatable bonds is 4. The van der Waals surface area contributed by atoms with E-state index in [0.29, 0.717) is 12.5 Å². The topological polar surface area (TPSA) is 64.7 Å². The van der Waals surface area contributed by atoms with Crippen LogP contribution in [0.1, 0.15) is 30.4 Å². The Labute approximate surface area is 141 Å². The lowest BCUT2D eigenvalue weighted by molar-refractivity contribution is 0.478. The molecule has 1 aliphatic heterocycles. The van der Waals surface area contributed by atoms with Crippen molar-refractivity contribution in [3.8, 4) is 0 Å². The van der Waals surface area contributed by atoms with Crippen LogP contribution in [-0.2, 0) is 13.6 Å². The standard InChI is InChI=1S/C17H21N7/c1-22-16(12-23-10-8-19-13-23)20-21-17(22)14-3-2-9-24(11-14)15-4-6-18-7-5-15/h4-8,10,13-14H,2-3,9,11-12H2,1H3. The first kappa shape index (κ1) is 14.9. The van der Waals surface area contributed by atoms with Crippen LogP contribution >= 0.6 is 0 Å². The molecular formula is C17H21N7. The summed E-state index contributed by atoms with van der Waals surface area (Å²) in [5.41, 5.74) is 1.23. The Balaban J connectivity index is 1.52. The van der Waals surface area contributed by atoms with Gasteiger partial charge in [0, 0.05) is 56.5 Å². The maximum Gasteiger partial charge on any atom is 0.152 e. The number of hydrogen-bond acceptors (Lipinski definition) is 5. The fourth-order valence-corrected chi connectivity index (χ4v) is 3.39. The molecule has 7 heteroatoms. The lowest BCUT2D eigenvalue weighted by Gasteiger charge is -2.33. The predicted molar refractivity (Wildman–Crippen MR) is 90.8 cm³/mol. The minimum absolute atomic E-state index is 0.404. The molecule has 4 rings (SSSR count). The fourth-order valence-electron chi connectivity index (χ4n) is 3.39. The highest BCUT2D eigenvalue weighted by Crippen LogP contribution is 2.28. The smallest absolute Gasteiger partial charge is 0.152 e. The molecule has 1 unspecified atom stereocenters. The van der Waals surface area contributed by atoms with Crippen LogP contribution in [0.2, 0.25) is 0 Å². The second kappa shape index (κ2) is 6.43. The Hall–Kier alpha value is -2.70. The van der Waals surface area contributed by atoms with Gasteiger partial charge in [-0.25, -0.2) is 4.98 Å². The average molecular weight is 323 g/mol. The molecule has 0 aliphatic carbocycles. The van der Waals surface area contributed by atoms with Crippen molar-refractivity contribution in [1.29, 1.82) is 0 Å². The van der Waals surface area contributed by atoms with Crippen LogP contribution < -0.4 is 4.90 Å². The van der Waals surface area contributed by atoms with E-state index in [9.17, 15) is 0 Å². The van der Waals surface area contributed by atoms with Gasteiger partial charge in [-0.1, -0.05) is 0 Å². The van der Waals surface area contributed by atoms with Crippen molar-refractivity contribution < 1.29 is 0 Å². The summed E-state index contributed by atoms with van der Waals surface area (Å²) in [6.07, 6.45) is 11.6. The molecule has 124 valence electrons. The van der Waals surface area contributed by atoms with Crippen LogP contribution in [0.4, 0.5) is 5.69 Å². The molecule has 1 fully saturated rings. The van der Waals surface area contributed by atoms with E-state index in [4.69, 9.17) is 0 Å². The van der Waals surface area contributed by atoms with Crippen LogP contribution in [0.5, 0.6) is 0 Å². The summed E-state index contributed by atoms with van der Waals surface area (Å²) >= 11 is 0. The Morgan fingerprint density at radius 2 is 2.00 bits per heavy atom. The molecule has 24 heavy (non-hydrogen) atoms. The third-order valence-corrected chi connectivity index (χ3v) is 4.70. The van der Waals surface area contributed by atoms with Crippen molar-refractivity contribution in [3.05, 3.63) is 54.9 Å². The van der Waals surface area contributed by atoms with Crippen LogP contribution in [0.15, 0.2) is 43.2 Å². The highest BCUT2D eigenvalue weighted by atomic mass is 15.3. The Morgan fingerprint density at radius 3 is 2.79 bits per heavy atom. The highest BCUT2D eigenvalue weighted by molar-refractivity contribution is 5.45. The van der Waals surface area contributed by atoms with Gasteiger partial charge < -0.3 is 14.0 Å².